The van der Waals surface area contributed by atoms with Gasteiger partial charge in [-0.2, -0.15) is 8.78 Å². The largest absolute Gasteiger partial charge is 0.355 e. The van der Waals surface area contributed by atoms with Crippen LogP contribution in [0.3, 0.4) is 0 Å². The number of hydrogen-bond donors (Lipinski definition) is 0. The van der Waals surface area contributed by atoms with Crippen LogP contribution in [-0.2, 0) is 11.2 Å². The molecular formula is C10H9F2NO. The molecule has 0 aliphatic rings. The molecule has 1 aromatic carbocycles. The van der Waals surface area contributed by atoms with E-state index < -0.39 is 12.5 Å². The molecule has 0 unspecified atom stereocenters. The van der Waals surface area contributed by atoms with Gasteiger partial charge < -0.3 is 0 Å². The second-order valence-electron chi connectivity index (χ2n) is 3.03. The van der Waals surface area contributed by atoms with Crippen molar-refractivity contribution in [2.45, 2.75) is 19.4 Å². The molecule has 2 nitrogen and oxygen atoms in total. The molecule has 0 atom stereocenters. The molecule has 0 amide bonds. The van der Waals surface area contributed by atoms with Crippen LogP contribution in [0, 0.1) is 6.92 Å². The standard InChI is InChI=1S/C10H9F2NO/c1-8-2-4-9(5-3-8)6-10(11,12)13-7-14/h2-5H,6H2,1H3. The first-order valence-corrected chi connectivity index (χ1v) is 4.06. The molecule has 0 heterocycles. The molecule has 0 aliphatic heterocycles. The summed E-state index contributed by atoms with van der Waals surface area (Å²) in [4.78, 5) is 12.1. The summed E-state index contributed by atoms with van der Waals surface area (Å²) in [7, 11) is 0. The number of isocyanates is 1. The van der Waals surface area contributed by atoms with Gasteiger partial charge in [0.15, 0.2) is 0 Å². The number of halogens is 2. The van der Waals surface area contributed by atoms with Crippen molar-refractivity contribution in [3.63, 3.8) is 0 Å². The Hall–Kier alpha value is -1.54. The van der Waals surface area contributed by atoms with E-state index in [0.29, 0.717) is 5.56 Å². The third-order valence-electron chi connectivity index (χ3n) is 1.75. The van der Waals surface area contributed by atoms with Crippen LogP contribution in [0.5, 0.6) is 0 Å². The summed E-state index contributed by atoms with van der Waals surface area (Å²) < 4.78 is 25.6. The number of alkyl halides is 2. The van der Waals surface area contributed by atoms with Gasteiger partial charge in [0.25, 0.3) is 0 Å². The lowest BCUT2D eigenvalue weighted by molar-refractivity contribution is 0.0118. The normalized spacial score (nSPS) is 10.8. The third kappa shape index (κ3) is 3.07. The highest BCUT2D eigenvalue weighted by Crippen LogP contribution is 2.20. The van der Waals surface area contributed by atoms with Crippen molar-refractivity contribution in [1.29, 1.82) is 0 Å². The van der Waals surface area contributed by atoms with Crippen LogP contribution >= 0.6 is 0 Å². The zero-order chi connectivity index (χ0) is 10.6. The minimum atomic E-state index is -3.35. The first-order valence-electron chi connectivity index (χ1n) is 4.06. The van der Waals surface area contributed by atoms with Crippen molar-refractivity contribution < 1.29 is 13.6 Å². The lowest BCUT2D eigenvalue weighted by atomic mass is 10.1. The number of rotatable bonds is 3. The van der Waals surface area contributed by atoms with Crippen molar-refractivity contribution >= 4 is 6.08 Å². The summed E-state index contributed by atoms with van der Waals surface area (Å²) in [5.41, 5.74) is 1.44. The summed E-state index contributed by atoms with van der Waals surface area (Å²) in [5.74, 6) is 0. The average molecular weight is 197 g/mol. The van der Waals surface area contributed by atoms with Crippen molar-refractivity contribution in [3.8, 4) is 0 Å². The molecule has 4 heteroatoms. The Balaban J connectivity index is 2.78. The number of carbonyl (C=O) groups excluding carboxylic acids is 1. The van der Waals surface area contributed by atoms with Crippen LogP contribution < -0.4 is 0 Å². The van der Waals surface area contributed by atoms with Crippen LogP contribution in [-0.4, -0.2) is 12.1 Å². The fraction of sp³-hybridized carbons (Fsp3) is 0.300. The van der Waals surface area contributed by atoms with E-state index in [0.717, 1.165) is 11.6 Å². The Morgan fingerprint density at radius 1 is 1.36 bits per heavy atom. The van der Waals surface area contributed by atoms with E-state index in [9.17, 15) is 13.6 Å². The molecule has 0 aliphatic carbocycles. The molecule has 14 heavy (non-hydrogen) atoms. The Kier molecular flexibility index (Phi) is 3.10. The smallest absolute Gasteiger partial charge is 0.211 e. The van der Waals surface area contributed by atoms with Crippen molar-refractivity contribution in [1.82, 2.24) is 0 Å². The fourth-order valence-corrected chi connectivity index (χ4v) is 1.06. The molecule has 1 aromatic rings. The minimum Gasteiger partial charge on any atom is -0.211 e. The maximum absolute atomic E-state index is 12.8. The van der Waals surface area contributed by atoms with Gasteiger partial charge in [-0.05, 0) is 12.5 Å². The molecule has 0 spiro atoms. The monoisotopic (exact) mass is 197 g/mol. The maximum Gasteiger partial charge on any atom is 0.355 e. The third-order valence-corrected chi connectivity index (χ3v) is 1.75. The van der Waals surface area contributed by atoms with Gasteiger partial charge in [-0.3, -0.25) is 0 Å². The van der Waals surface area contributed by atoms with Gasteiger partial charge in [0.05, 0.1) is 6.42 Å². The average Bonchev–Trinajstić information content (AvgIpc) is 2.08. The highest BCUT2D eigenvalue weighted by atomic mass is 19.3. The number of aliphatic imine (C=N–C) groups is 1. The summed E-state index contributed by atoms with van der Waals surface area (Å²) in [6.07, 6.45) is 0.298. The van der Waals surface area contributed by atoms with E-state index in [1.54, 1.807) is 24.3 Å². The zero-order valence-electron chi connectivity index (χ0n) is 7.63. The van der Waals surface area contributed by atoms with Crippen LogP contribution in [0.1, 0.15) is 11.1 Å². The van der Waals surface area contributed by atoms with E-state index in [4.69, 9.17) is 0 Å². The first kappa shape index (κ1) is 10.5. The van der Waals surface area contributed by atoms with Gasteiger partial charge in [0.1, 0.15) is 0 Å². The number of hydrogen-bond acceptors (Lipinski definition) is 2. The zero-order valence-corrected chi connectivity index (χ0v) is 7.63. The lowest BCUT2D eigenvalue weighted by Crippen LogP contribution is -2.15. The summed E-state index contributed by atoms with van der Waals surface area (Å²) in [5, 5.41) is 0. The van der Waals surface area contributed by atoms with Crippen molar-refractivity contribution in [2.24, 2.45) is 4.99 Å². The van der Waals surface area contributed by atoms with E-state index in [-0.39, 0.29) is 0 Å². The van der Waals surface area contributed by atoms with E-state index >= 15 is 0 Å². The number of aryl methyl sites for hydroxylation is 1. The SMILES string of the molecule is Cc1ccc(CC(F)(F)N=C=O)cc1. The molecular weight excluding hydrogens is 188 g/mol. The van der Waals surface area contributed by atoms with Crippen molar-refractivity contribution in [3.05, 3.63) is 35.4 Å². The number of benzene rings is 1. The van der Waals surface area contributed by atoms with Crippen LogP contribution in [0.25, 0.3) is 0 Å². The van der Waals surface area contributed by atoms with Gasteiger partial charge in [-0.25, -0.2) is 4.79 Å². The predicted octanol–water partition coefficient (Wildman–Crippen LogP) is 2.47. The fourth-order valence-electron chi connectivity index (χ4n) is 1.06. The van der Waals surface area contributed by atoms with E-state index in [1.807, 2.05) is 6.92 Å². The number of nitrogens with zero attached hydrogens (tertiary/aromatic N) is 1. The Labute approximate surface area is 80.3 Å². The van der Waals surface area contributed by atoms with Gasteiger partial charge in [0, 0.05) is 0 Å². The first-order chi connectivity index (χ1) is 6.53. The Morgan fingerprint density at radius 3 is 2.43 bits per heavy atom. The second-order valence-corrected chi connectivity index (χ2v) is 3.03. The second kappa shape index (κ2) is 4.11. The molecule has 0 saturated heterocycles. The van der Waals surface area contributed by atoms with E-state index in [1.165, 1.54) is 0 Å². The molecule has 0 saturated carbocycles. The van der Waals surface area contributed by atoms with Gasteiger partial charge in [0.2, 0.25) is 6.08 Å². The molecule has 0 aromatic heterocycles. The molecule has 74 valence electrons. The molecule has 0 fully saturated rings. The molecule has 0 bridgehead atoms. The van der Waals surface area contributed by atoms with Crippen molar-refractivity contribution in [2.75, 3.05) is 0 Å². The van der Waals surface area contributed by atoms with Gasteiger partial charge >= 0.3 is 6.05 Å². The Morgan fingerprint density at radius 2 is 1.93 bits per heavy atom. The summed E-state index contributed by atoms with van der Waals surface area (Å²) >= 11 is 0. The molecule has 1 rings (SSSR count). The summed E-state index contributed by atoms with van der Waals surface area (Å²) in [6, 6.07) is 3.29. The topological polar surface area (TPSA) is 29.4 Å². The lowest BCUT2D eigenvalue weighted by Gasteiger charge is -2.08. The molecule has 0 N–H and O–H groups in total. The maximum atomic E-state index is 12.8. The predicted molar refractivity (Wildman–Crippen MR) is 48.0 cm³/mol. The minimum absolute atomic E-state index is 0.444. The quantitative estimate of drug-likeness (QED) is 0.415. The summed E-state index contributed by atoms with van der Waals surface area (Å²) in [6.45, 7) is 1.87. The highest BCUT2D eigenvalue weighted by Gasteiger charge is 2.27. The van der Waals surface area contributed by atoms with Crippen LogP contribution in [0.2, 0.25) is 0 Å². The van der Waals surface area contributed by atoms with Crippen LogP contribution in [0.15, 0.2) is 29.3 Å². The Bertz CT molecular complexity index is 353. The van der Waals surface area contributed by atoms with Crippen LogP contribution in [0.4, 0.5) is 8.78 Å². The highest BCUT2D eigenvalue weighted by molar-refractivity contribution is 5.34. The molecule has 0 radical (unpaired) electrons. The van der Waals surface area contributed by atoms with Gasteiger partial charge in [-0.15, -0.1) is 4.99 Å². The van der Waals surface area contributed by atoms with Gasteiger partial charge in [-0.1, -0.05) is 29.8 Å². The van der Waals surface area contributed by atoms with E-state index in [2.05, 4.69) is 4.99 Å².